The predicted octanol–water partition coefficient (Wildman–Crippen LogP) is 3.48. The Morgan fingerprint density at radius 2 is 2.00 bits per heavy atom. The third-order valence-corrected chi connectivity index (χ3v) is 7.87. The van der Waals surface area contributed by atoms with E-state index in [0.717, 1.165) is 36.5 Å². The van der Waals surface area contributed by atoms with E-state index in [9.17, 15) is 8.42 Å². The van der Waals surface area contributed by atoms with Crippen molar-refractivity contribution in [1.29, 1.82) is 0 Å². The van der Waals surface area contributed by atoms with E-state index in [0.29, 0.717) is 15.2 Å². The Balaban J connectivity index is 2.05. The van der Waals surface area contributed by atoms with Gasteiger partial charge in [0, 0.05) is 17.5 Å². The van der Waals surface area contributed by atoms with Gasteiger partial charge < -0.3 is 5.32 Å². The Kier molecular flexibility index (Phi) is 6.25. The molecular formula is C14H23BrN2O2S2. The van der Waals surface area contributed by atoms with Gasteiger partial charge in [0.25, 0.3) is 0 Å². The largest absolute Gasteiger partial charge is 0.315 e. The van der Waals surface area contributed by atoms with Crippen molar-refractivity contribution in [3.05, 3.63) is 14.7 Å². The zero-order chi connectivity index (χ0) is 15.5. The van der Waals surface area contributed by atoms with Crippen LogP contribution in [0.25, 0.3) is 0 Å². The summed E-state index contributed by atoms with van der Waals surface area (Å²) in [5.41, 5.74) is 0. The smallest absolute Gasteiger partial charge is 0.242 e. The standard InChI is InChI=1S/C14H23BrN2O2S2/c1-3-10-4-6-11(7-5-10)17-21(18,19)13-8-12(9-16-2)20-14(13)15/h8,10-11,16-17H,3-7,9H2,1-2H3. The zero-order valence-corrected chi connectivity index (χ0v) is 15.7. The molecule has 1 heterocycles. The third kappa shape index (κ3) is 4.51. The first-order valence-electron chi connectivity index (χ1n) is 7.41. The number of rotatable bonds is 6. The van der Waals surface area contributed by atoms with Gasteiger partial charge in [0.1, 0.15) is 4.90 Å². The maximum Gasteiger partial charge on any atom is 0.242 e. The van der Waals surface area contributed by atoms with Crippen molar-refractivity contribution >= 4 is 37.3 Å². The second-order valence-electron chi connectivity index (χ2n) is 5.63. The molecule has 7 heteroatoms. The normalized spacial score (nSPS) is 23.4. The van der Waals surface area contributed by atoms with Crippen LogP contribution in [0, 0.1) is 5.92 Å². The van der Waals surface area contributed by atoms with E-state index in [1.807, 2.05) is 7.05 Å². The van der Waals surface area contributed by atoms with Gasteiger partial charge in [0.2, 0.25) is 10.0 Å². The summed E-state index contributed by atoms with van der Waals surface area (Å²) in [5, 5.41) is 3.04. The Morgan fingerprint density at radius 1 is 1.33 bits per heavy atom. The fourth-order valence-corrected chi connectivity index (χ4v) is 6.81. The van der Waals surface area contributed by atoms with Crippen LogP contribution in [0.3, 0.4) is 0 Å². The molecule has 1 aliphatic carbocycles. The molecule has 4 nitrogen and oxygen atoms in total. The molecule has 1 aromatic rings. The highest BCUT2D eigenvalue weighted by Gasteiger charge is 2.27. The first-order valence-corrected chi connectivity index (χ1v) is 10.5. The van der Waals surface area contributed by atoms with E-state index in [1.54, 1.807) is 6.07 Å². The highest BCUT2D eigenvalue weighted by molar-refractivity contribution is 9.11. The molecule has 1 aliphatic rings. The minimum atomic E-state index is -3.43. The highest BCUT2D eigenvalue weighted by Crippen LogP contribution is 2.33. The molecule has 0 spiro atoms. The molecule has 0 amide bonds. The summed E-state index contributed by atoms with van der Waals surface area (Å²) in [5.74, 6) is 0.765. The third-order valence-electron chi connectivity index (χ3n) is 4.09. The molecule has 2 N–H and O–H groups in total. The molecule has 0 atom stereocenters. The van der Waals surface area contributed by atoms with Crippen LogP contribution < -0.4 is 10.0 Å². The first kappa shape index (κ1) is 17.4. The van der Waals surface area contributed by atoms with Gasteiger partial charge in [-0.05, 0) is 60.6 Å². The monoisotopic (exact) mass is 394 g/mol. The molecule has 0 aliphatic heterocycles. The van der Waals surface area contributed by atoms with Gasteiger partial charge in [0.15, 0.2) is 0 Å². The quantitative estimate of drug-likeness (QED) is 0.776. The number of hydrogen-bond acceptors (Lipinski definition) is 4. The van der Waals surface area contributed by atoms with Crippen LogP contribution in [0.2, 0.25) is 0 Å². The van der Waals surface area contributed by atoms with Crippen molar-refractivity contribution in [1.82, 2.24) is 10.0 Å². The molecule has 0 aromatic carbocycles. The van der Waals surface area contributed by atoms with Crippen LogP contribution in [-0.4, -0.2) is 21.5 Å². The Bertz CT molecular complexity index is 564. The molecule has 0 radical (unpaired) electrons. The van der Waals surface area contributed by atoms with Gasteiger partial charge in [-0.15, -0.1) is 11.3 Å². The molecule has 0 saturated heterocycles. The van der Waals surface area contributed by atoms with Crippen LogP contribution in [-0.2, 0) is 16.6 Å². The second kappa shape index (κ2) is 7.55. The second-order valence-corrected chi connectivity index (χ2v) is 9.77. The molecule has 1 saturated carbocycles. The van der Waals surface area contributed by atoms with Crippen LogP contribution in [0.5, 0.6) is 0 Å². The Labute approximate surface area is 139 Å². The predicted molar refractivity (Wildman–Crippen MR) is 91.1 cm³/mol. The van der Waals surface area contributed by atoms with Crippen molar-refractivity contribution in [3.63, 3.8) is 0 Å². The van der Waals surface area contributed by atoms with Gasteiger partial charge in [-0.2, -0.15) is 0 Å². The van der Waals surface area contributed by atoms with E-state index in [2.05, 4.69) is 32.9 Å². The molecule has 0 bridgehead atoms. The molecule has 0 unspecified atom stereocenters. The lowest BCUT2D eigenvalue weighted by Crippen LogP contribution is -2.37. The van der Waals surface area contributed by atoms with E-state index < -0.39 is 10.0 Å². The van der Waals surface area contributed by atoms with Crippen LogP contribution >= 0.6 is 27.3 Å². The molecule has 1 aromatic heterocycles. The minimum absolute atomic E-state index is 0.0809. The fraction of sp³-hybridized carbons (Fsp3) is 0.714. The number of sulfonamides is 1. The lowest BCUT2D eigenvalue weighted by atomic mass is 9.85. The molecule has 120 valence electrons. The average Bonchev–Trinajstić information content (AvgIpc) is 2.81. The van der Waals surface area contributed by atoms with Crippen molar-refractivity contribution in [3.8, 4) is 0 Å². The Hall–Kier alpha value is 0.0500. The van der Waals surface area contributed by atoms with Gasteiger partial charge in [-0.3, -0.25) is 0 Å². The minimum Gasteiger partial charge on any atom is -0.315 e. The highest BCUT2D eigenvalue weighted by atomic mass is 79.9. The van der Waals surface area contributed by atoms with Crippen molar-refractivity contribution < 1.29 is 8.42 Å². The summed E-state index contributed by atoms with van der Waals surface area (Å²) in [4.78, 5) is 1.38. The fourth-order valence-electron chi connectivity index (χ4n) is 2.81. The zero-order valence-electron chi connectivity index (χ0n) is 12.5. The van der Waals surface area contributed by atoms with Crippen LogP contribution in [0.4, 0.5) is 0 Å². The average molecular weight is 395 g/mol. The molecule has 21 heavy (non-hydrogen) atoms. The van der Waals surface area contributed by atoms with E-state index >= 15 is 0 Å². The van der Waals surface area contributed by atoms with Crippen molar-refractivity contribution in [2.45, 2.75) is 56.5 Å². The summed E-state index contributed by atoms with van der Waals surface area (Å²) >= 11 is 4.85. The molecule has 1 fully saturated rings. The summed E-state index contributed by atoms with van der Waals surface area (Å²) < 4.78 is 28.6. The van der Waals surface area contributed by atoms with E-state index in [-0.39, 0.29) is 6.04 Å². The Morgan fingerprint density at radius 3 is 2.57 bits per heavy atom. The first-order chi connectivity index (χ1) is 9.96. The summed E-state index contributed by atoms with van der Waals surface area (Å²) in [6.45, 7) is 2.89. The maximum atomic E-state index is 12.5. The van der Waals surface area contributed by atoms with Gasteiger partial charge in [-0.25, -0.2) is 13.1 Å². The van der Waals surface area contributed by atoms with Crippen LogP contribution in [0.1, 0.15) is 43.9 Å². The van der Waals surface area contributed by atoms with E-state index in [4.69, 9.17) is 0 Å². The van der Waals surface area contributed by atoms with Crippen molar-refractivity contribution in [2.24, 2.45) is 5.92 Å². The van der Waals surface area contributed by atoms with Gasteiger partial charge in [-0.1, -0.05) is 13.3 Å². The summed E-state index contributed by atoms with van der Waals surface area (Å²) in [7, 11) is -1.57. The van der Waals surface area contributed by atoms with E-state index in [1.165, 1.54) is 17.8 Å². The summed E-state index contributed by atoms with van der Waals surface area (Å²) in [6.07, 6.45) is 5.34. The lowest BCUT2D eigenvalue weighted by molar-refractivity contribution is 0.306. The molecule has 2 rings (SSSR count). The van der Waals surface area contributed by atoms with Gasteiger partial charge >= 0.3 is 0 Å². The number of halogens is 1. The van der Waals surface area contributed by atoms with Crippen molar-refractivity contribution in [2.75, 3.05) is 7.05 Å². The number of nitrogens with one attached hydrogen (secondary N) is 2. The lowest BCUT2D eigenvalue weighted by Gasteiger charge is -2.28. The molecular weight excluding hydrogens is 372 g/mol. The summed E-state index contributed by atoms with van der Waals surface area (Å²) in [6, 6.07) is 1.84. The number of hydrogen-bond donors (Lipinski definition) is 2. The number of thiophene rings is 1. The van der Waals surface area contributed by atoms with Crippen LogP contribution in [0.15, 0.2) is 14.7 Å². The SMILES string of the molecule is CCC1CCC(NS(=O)(=O)c2cc(CNC)sc2Br)CC1. The van der Waals surface area contributed by atoms with Gasteiger partial charge in [0.05, 0.1) is 3.79 Å². The topological polar surface area (TPSA) is 58.2 Å². The maximum absolute atomic E-state index is 12.5.